The number of halogens is 2. The Morgan fingerprint density at radius 2 is 1.76 bits per heavy atom. The summed E-state index contributed by atoms with van der Waals surface area (Å²) in [6, 6.07) is 18.3. The maximum absolute atomic E-state index is 13.1. The summed E-state index contributed by atoms with van der Waals surface area (Å²) >= 11 is 13.0. The van der Waals surface area contributed by atoms with Gasteiger partial charge in [0.25, 0.3) is 11.1 Å². The topological polar surface area (TPSA) is 55.8 Å². The number of rotatable bonds is 10. The average Bonchev–Trinajstić information content (AvgIpc) is 3.12. The van der Waals surface area contributed by atoms with E-state index in [-0.39, 0.29) is 17.7 Å². The van der Waals surface area contributed by atoms with Crippen molar-refractivity contribution in [2.45, 2.75) is 26.5 Å². The van der Waals surface area contributed by atoms with Crippen molar-refractivity contribution in [2.24, 2.45) is 0 Å². The van der Waals surface area contributed by atoms with Crippen molar-refractivity contribution >= 4 is 52.2 Å². The van der Waals surface area contributed by atoms with Gasteiger partial charge < -0.3 is 9.47 Å². The fourth-order valence-corrected chi connectivity index (χ4v) is 5.02. The quantitative estimate of drug-likeness (QED) is 0.188. The van der Waals surface area contributed by atoms with Gasteiger partial charge in [0, 0.05) is 15.6 Å². The number of allylic oxidation sites excluding steroid dienone is 1. The molecule has 37 heavy (non-hydrogen) atoms. The molecule has 1 heterocycles. The monoisotopic (exact) mass is 553 g/mol. The molecule has 1 saturated heterocycles. The molecular weight excluding hydrogens is 529 g/mol. The highest BCUT2D eigenvalue weighted by Gasteiger charge is 2.35. The van der Waals surface area contributed by atoms with Crippen LogP contribution in [0.1, 0.15) is 29.2 Å². The van der Waals surface area contributed by atoms with Crippen LogP contribution in [0.2, 0.25) is 10.0 Å². The Morgan fingerprint density at radius 1 is 0.973 bits per heavy atom. The highest BCUT2D eigenvalue weighted by molar-refractivity contribution is 8.18. The van der Waals surface area contributed by atoms with Gasteiger partial charge in [-0.2, -0.15) is 0 Å². The molecule has 0 N–H and O–H groups in total. The molecule has 8 heteroatoms. The fourth-order valence-electron chi connectivity index (χ4n) is 3.84. The Hall–Kier alpha value is -3.19. The number of hydrogen-bond donors (Lipinski definition) is 0. The number of amides is 2. The van der Waals surface area contributed by atoms with E-state index in [1.807, 2.05) is 49.4 Å². The molecule has 0 spiro atoms. The fraction of sp³-hybridized carbons (Fsp3) is 0.172. The standard InChI is InChI=1S/C29H25Cl2NO4S/c1-3-6-22-13-21(15-25(35-4-2)27(22)36-18-19-9-11-23(30)12-10-19)16-26-28(33)32(29(34)37-26)17-20-7-5-8-24(31)14-20/h3,5,7-16H,1,4,6,17-18H2,2H3/b26-16-. The summed E-state index contributed by atoms with van der Waals surface area (Å²) in [5.74, 6) is 0.824. The summed E-state index contributed by atoms with van der Waals surface area (Å²) in [5.41, 5.74) is 3.34. The third kappa shape index (κ3) is 6.77. The van der Waals surface area contributed by atoms with Gasteiger partial charge in [0.2, 0.25) is 0 Å². The van der Waals surface area contributed by atoms with Gasteiger partial charge in [-0.1, -0.05) is 53.5 Å². The molecule has 1 aliphatic heterocycles. The molecule has 1 aliphatic rings. The molecule has 0 atom stereocenters. The molecule has 0 radical (unpaired) electrons. The van der Waals surface area contributed by atoms with Crippen LogP contribution in [0.4, 0.5) is 4.79 Å². The Labute approximate surface area is 230 Å². The Bertz CT molecular complexity index is 1350. The molecule has 0 aliphatic carbocycles. The molecule has 0 saturated carbocycles. The molecule has 3 aromatic rings. The van der Waals surface area contributed by atoms with Crippen molar-refractivity contribution < 1.29 is 19.1 Å². The van der Waals surface area contributed by atoms with E-state index in [0.29, 0.717) is 46.1 Å². The van der Waals surface area contributed by atoms with Crippen LogP contribution in [0.15, 0.2) is 78.2 Å². The first kappa shape index (κ1) is 26.9. The Kier molecular flexibility index (Phi) is 8.98. The molecule has 0 bridgehead atoms. The van der Waals surface area contributed by atoms with E-state index in [4.69, 9.17) is 32.7 Å². The highest BCUT2D eigenvalue weighted by Crippen LogP contribution is 2.38. The van der Waals surface area contributed by atoms with E-state index in [0.717, 1.165) is 34.0 Å². The van der Waals surface area contributed by atoms with Gasteiger partial charge in [0.1, 0.15) is 6.61 Å². The number of imide groups is 1. The Morgan fingerprint density at radius 3 is 2.46 bits per heavy atom. The lowest BCUT2D eigenvalue weighted by Gasteiger charge is -2.17. The number of carbonyl (C=O) groups excluding carboxylic acids is 2. The predicted octanol–water partition coefficient (Wildman–Crippen LogP) is 7.94. The van der Waals surface area contributed by atoms with Crippen LogP contribution in [-0.4, -0.2) is 22.7 Å². The first-order chi connectivity index (χ1) is 17.9. The van der Waals surface area contributed by atoms with Crippen LogP contribution in [0.25, 0.3) is 6.08 Å². The van der Waals surface area contributed by atoms with Crippen molar-refractivity contribution in [3.05, 3.63) is 111 Å². The third-order valence-electron chi connectivity index (χ3n) is 5.52. The zero-order valence-corrected chi connectivity index (χ0v) is 22.5. The molecule has 5 nitrogen and oxygen atoms in total. The van der Waals surface area contributed by atoms with Gasteiger partial charge in [0.15, 0.2) is 11.5 Å². The predicted molar refractivity (Wildman–Crippen MR) is 150 cm³/mol. The van der Waals surface area contributed by atoms with E-state index in [1.165, 1.54) is 4.90 Å². The van der Waals surface area contributed by atoms with Crippen LogP contribution in [-0.2, 0) is 24.4 Å². The molecular formula is C29H25Cl2NO4S. The van der Waals surface area contributed by atoms with E-state index in [9.17, 15) is 9.59 Å². The number of ether oxygens (including phenoxy) is 2. The first-order valence-electron chi connectivity index (χ1n) is 11.7. The number of carbonyl (C=O) groups is 2. The number of benzene rings is 3. The minimum Gasteiger partial charge on any atom is -0.490 e. The van der Waals surface area contributed by atoms with Crippen molar-refractivity contribution in [3.63, 3.8) is 0 Å². The summed E-state index contributed by atoms with van der Waals surface area (Å²) in [6.45, 7) is 6.69. The summed E-state index contributed by atoms with van der Waals surface area (Å²) in [4.78, 5) is 27.3. The van der Waals surface area contributed by atoms with Crippen LogP contribution in [0, 0.1) is 0 Å². The molecule has 0 aromatic heterocycles. The van der Waals surface area contributed by atoms with Crippen LogP contribution < -0.4 is 9.47 Å². The Balaban J connectivity index is 1.61. The third-order valence-corrected chi connectivity index (χ3v) is 6.91. The lowest BCUT2D eigenvalue weighted by atomic mass is 10.0. The summed E-state index contributed by atoms with van der Waals surface area (Å²) in [7, 11) is 0. The molecule has 4 rings (SSSR count). The SMILES string of the molecule is C=CCc1cc(/C=C2\SC(=O)N(Cc3cccc(Cl)c3)C2=O)cc(OCC)c1OCc1ccc(Cl)cc1. The largest absolute Gasteiger partial charge is 0.490 e. The number of thioether (sulfide) groups is 1. The zero-order chi connectivity index (χ0) is 26.4. The van der Waals surface area contributed by atoms with Gasteiger partial charge in [-0.05, 0) is 84.3 Å². The van der Waals surface area contributed by atoms with Crippen LogP contribution in [0.3, 0.4) is 0 Å². The van der Waals surface area contributed by atoms with E-state index in [1.54, 1.807) is 30.4 Å². The van der Waals surface area contributed by atoms with Crippen LogP contribution >= 0.6 is 35.0 Å². The lowest BCUT2D eigenvalue weighted by molar-refractivity contribution is -0.123. The zero-order valence-electron chi connectivity index (χ0n) is 20.2. The van der Waals surface area contributed by atoms with Gasteiger partial charge in [-0.25, -0.2) is 0 Å². The lowest BCUT2D eigenvalue weighted by Crippen LogP contribution is -2.27. The summed E-state index contributed by atoms with van der Waals surface area (Å²) < 4.78 is 12.1. The van der Waals surface area contributed by atoms with Crippen LogP contribution in [0.5, 0.6) is 11.5 Å². The molecule has 1 fully saturated rings. The second-order valence-corrected chi connectivity index (χ2v) is 10.1. The highest BCUT2D eigenvalue weighted by atomic mass is 35.5. The van der Waals surface area contributed by atoms with E-state index in [2.05, 4.69) is 6.58 Å². The summed E-state index contributed by atoms with van der Waals surface area (Å²) in [5, 5.41) is 0.888. The normalized spacial score (nSPS) is 14.4. The van der Waals surface area contributed by atoms with Gasteiger partial charge in [0.05, 0.1) is 18.1 Å². The van der Waals surface area contributed by atoms with Crippen molar-refractivity contribution in [2.75, 3.05) is 6.61 Å². The molecule has 2 amide bonds. The number of nitrogens with zero attached hydrogens (tertiary/aromatic N) is 1. The maximum Gasteiger partial charge on any atom is 0.293 e. The minimum atomic E-state index is -0.346. The maximum atomic E-state index is 13.1. The van der Waals surface area contributed by atoms with Crippen molar-refractivity contribution in [1.82, 2.24) is 4.90 Å². The van der Waals surface area contributed by atoms with Gasteiger partial charge in [-0.3, -0.25) is 14.5 Å². The smallest absolute Gasteiger partial charge is 0.293 e. The van der Waals surface area contributed by atoms with Crippen molar-refractivity contribution in [1.29, 1.82) is 0 Å². The second kappa shape index (κ2) is 12.4. The number of hydrogen-bond acceptors (Lipinski definition) is 5. The first-order valence-corrected chi connectivity index (χ1v) is 13.2. The molecule has 190 valence electrons. The van der Waals surface area contributed by atoms with Gasteiger partial charge in [-0.15, -0.1) is 6.58 Å². The molecule has 3 aromatic carbocycles. The second-order valence-electron chi connectivity index (χ2n) is 8.25. The van der Waals surface area contributed by atoms with E-state index >= 15 is 0 Å². The molecule has 0 unspecified atom stereocenters. The van der Waals surface area contributed by atoms with Gasteiger partial charge >= 0.3 is 0 Å². The minimum absolute atomic E-state index is 0.159. The average molecular weight is 554 g/mol. The van der Waals surface area contributed by atoms with E-state index < -0.39 is 0 Å². The van der Waals surface area contributed by atoms with Crippen molar-refractivity contribution in [3.8, 4) is 11.5 Å². The summed E-state index contributed by atoms with van der Waals surface area (Å²) in [6.07, 6.45) is 4.03.